The van der Waals surface area contributed by atoms with Gasteiger partial charge in [-0.25, -0.2) is 0 Å². The molecule has 3 unspecified atom stereocenters. The Kier molecular flexibility index (Phi) is 5.99. The Morgan fingerprint density at radius 3 is 2.90 bits per heavy atom. The molecule has 0 aromatic carbocycles. The second-order valence-electron chi connectivity index (χ2n) is 6.10. The molecule has 2 saturated heterocycles. The van der Waals surface area contributed by atoms with E-state index in [4.69, 9.17) is 4.74 Å². The fraction of sp³-hybridized carbons (Fsp3) is 0.867. The first-order chi connectivity index (χ1) is 10.1. The van der Waals surface area contributed by atoms with Crippen molar-refractivity contribution in [2.24, 2.45) is 0 Å². The van der Waals surface area contributed by atoms with Crippen molar-refractivity contribution in [1.82, 2.24) is 15.5 Å². The van der Waals surface area contributed by atoms with Gasteiger partial charge in [0.15, 0.2) is 0 Å². The first kappa shape index (κ1) is 16.2. The lowest BCUT2D eigenvalue weighted by Crippen LogP contribution is -2.52. The molecule has 2 aliphatic heterocycles. The van der Waals surface area contributed by atoms with Crippen LogP contribution in [-0.2, 0) is 14.3 Å². The Balaban J connectivity index is 1.77. The van der Waals surface area contributed by atoms with Gasteiger partial charge in [0.25, 0.3) is 0 Å². The molecule has 0 aliphatic carbocycles. The number of nitrogens with one attached hydrogen (secondary N) is 2. The quantitative estimate of drug-likeness (QED) is 0.781. The number of hydrogen-bond donors (Lipinski definition) is 2. The molecule has 2 fully saturated rings. The zero-order valence-corrected chi connectivity index (χ0v) is 13.1. The van der Waals surface area contributed by atoms with Crippen molar-refractivity contribution in [3.63, 3.8) is 0 Å². The highest BCUT2D eigenvalue weighted by atomic mass is 16.5. The molecule has 0 aromatic heterocycles. The van der Waals surface area contributed by atoms with Crippen LogP contribution in [0.2, 0.25) is 0 Å². The second kappa shape index (κ2) is 7.75. The molecule has 2 amide bonds. The minimum absolute atomic E-state index is 0.0309. The van der Waals surface area contributed by atoms with Gasteiger partial charge in [-0.1, -0.05) is 0 Å². The molecule has 0 bridgehead atoms. The van der Waals surface area contributed by atoms with Crippen molar-refractivity contribution in [1.29, 1.82) is 0 Å². The van der Waals surface area contributed by atoms with Crippen LogP contribution < -0.4 is 10.6 Å². The Bertz CT molecular complexity index is 369. The van der Waals surface area contributed by atoms with Gasteiger partial charge in [0.05, 0.1) is 13.2 Å². The minimum Gasteiger partial charge on any atom is -0.378 e. The van der Waals surface area contributed by atoms with E-state index in [1.165, 1.54) is 6.42 Å². The van der Waals surface area contributed by atoms with E-state index in [1.54, 1.807) is 6.92 Å². The van der Waals surface area contributed by atoms with Gasteiger partial charge in [0, 0.05) is 31.6 Å². The molecule has 3 atom stereocenters. The maximum atomic E-state index is 12.4. The minimum atomic E-state index is -0.456. The average molecular weight is 297 g/mol. The van der Waals surface area contributed by atoms with Crippen LogP contribution in [0.15, 0.2) is 0 Å². The fourth-order valence-corrected chi connectivity index (χ4v) is 3.01. The van der Waals surface area contributed by atoms with Crippen LogP contribution in [0.1, 0.15) is 39.5 Å². The highest BCUT2D eigenvalue weighted by Crippen LogP contribution is 2.17. The number of amides is 2. The van der Waals surface area contributed by atoms with E-state index in [0.29, 0.717) is 19.6 Å². The summed E-state index contributed by atoms with van der Waals surface area (Å²) in [5.74, 6) is -0.0630. The van der Waals surface area contributed by atoms with Gasteiger partial charge < -0.3 is 20.3 Å². The third-order valence-electron chi connectivity index (χ3n) is 4.26. The molecule has 0 saturated carbocycles. The molecule has 2 rings (SSSR count). The Morgan fingerprint density at radius 1 is 1.43 bits per heavy atom. The Hall–Kier alpha value is -1.14. The predicted molar refractivity (Wildman–Crippen MR) is 79.9 cm³/mol. The van der Waals surface area contributed by atoms with Crippen LogP contribution >= 0.6 is 0 Å². The lowest BCUT2D eigenvalue weighted by Gasteiger charge is -2.35. The van der Waals surface area contributed by atoms with Crippen LogP contribution in [0.3, 0.4) is 0 Å². The largest absolute Gasteiger partial charge is 0.378 e. The molecule has 120 valence electrons. The topological polar surface area (TPSA) is 70.7 Å². The maximum absolute atomic E-state index is 12.4. The number of rotatable bonds is 4. The van der Waals surface area contributed by atoms with Crippen molar-refractivity contribution >= 4 is 11.8 Å². The summed E-state index contributed by atoms with van der Waals surface area (Å²) in [5, 5.41) is 6.06. The predicted octanol–water partition coefficient (Wildman–Crippen LogP) is 0.271. The summed E-state index contributed by atoms with van der Waals surface area (Å²) in [6.07, 6.45) is 3.64. The average Bonchev–Trinajstić information content (AvgIpc) is 2.48. The highest BCUT2D eigenvalue weighted by molar-refractivity contribution is 5.87. The molecule has 6 nitrogen and oxygen atoms in total. The first-order valence-electron chi connectivity index (χ1n) is 7.99. The van der Waals surface area contributed by atoms with Crippen molar-refractivity contribution in [3.8, 4) is 0 Å². The van der Waals surface area contributed by atoms with Crippen molar-refractivity contribution in [2.75, 3.05) is 26.3 Å². The molecule has 0 aromatic rings. The van der Waals surface area contributed by atoms with Gasteiger partial charge in [-0.05, 0) is 33.1 Å². The van der Waals surface area contributed by atoms with E-state index in [2.05, 4.69) is 17.6 Å². The van der Waals surface area contributed by atoms with Gasteiger partial charge in [-0.3, -0.25) is 9.59 Å². The molecule has 21 heavy (non-hydrogen) atoms. The van der Waals surface area contributed by atoms with Crippen LogP contribution in [0.5, 0.6) is 0 Å². The van der Waals surface area contributed by atoms with Crippen LogP contribution in [0.25, 0.3) is 0 Å². The third kappa shape index (κ3) is 4.68. The molecule has 2 aliphatic rings. The van der Waals surface area contributed by atoms with Crippen LogP contribution in [-0.4, -0.2) is 61.1 Å². The second-order valence-corrected chi connectivity index (χ2v) is 6.10. The van der Waals surface area contributed by atoms with E-state index < -0.39 is 6.04 Å². The summed E-state index contributed by atoms with van der Waals surface area (Å²) in [7, 11) is 0. The number of carbonyl (C=O) groups is 2. The summed E-state index contributed by atoms with van der Waals surface area (Å²) >= 11 is 0. The smallest absolute Gasteiger partial charge is 0.245 e. The summed E-state index contributed by atoms with van der Waals surface area (Å²) < 4.78 is 5.33. The number of piperidine rings is 1. The van der Waals surface area contributed by atoms with Crippen molar-refractivity contribution in [2.45, 2.75) is 57.7 Å². The summed E-state index contributed by atoms with van der Waals surface area (Å²) in [6, 6.07) is -0.128. The fourth-order valence-electron chi connectivity index (χ4n) is 3.01. The standard InChI is InChI=1S/C15H27N3O3/c1-11-5-3-4-7-18(11)15(20)12(2)17-14(19)9-13-10-21-8-6-16-13/h11-13,16H,3-10H2,1-2H3,(H,17,19). The van der Waals surface area contributed by atoms with Crippen molar-refractivity contribution < 1.29 is 14.3 Å². The lowest BCUT2D eigenvalue weighted by molar-refractivity contribution is -0.139. The van der Waals surface area contributed by atoms with Crippen LogP contribution in [0.4, 0.5) is 0 Å². The molecule has 6 heteroatoms. The summed E-state index contributed by atoms with van der Waals surface area (Å²) in [5.41, 5.74) is 0. The van der Waals surface area contributed by atoms with Gasteiger partial charge in [-0.15, -0.1) is 0 Å². The van der Waals surface area contributed by atoms with E-state index >= 15 is 0 Å². The molecule has 0 spiro atoms. The normalized spacial score (nSPS) is 28.0. The monoisotopic (exact) mass is 297 g/mol. The van der Waals surface area contributed by atoms with Gasteiger partial charge in [0.1, 0.15) is 6.04 Å². The van der Waals surface area contributed by atoms with Gasteiger partial charge in [-0.2, -0.15) is 0 Å². The lowest BCUT2D eigenvalue weighted by atomic mass is 10.0. The number of likely N-dealkylation sites (tertiary alicyclic amines) is 1. The Morgan fingerprint density at radius 2 is 2.24 bits per heavy atom. The van der Waals surface area contributed by atoms with Gasteiger partial charge >= 0.3 is 0 Å². The number of nitrogens with zero attached hydrogens (tertiary/aromatic N) is 1. The molecular weight excluding hydrogens is 270 g/mol. The molecule has 0 radical (unpaired) electrons. The Labute approximate surface area is 126 Å². The van der Waals surface area contributed by atoms with Crippen molar-refractivity contribution in [3.05, 3.63) is 0 Å². The van der Waals surface area contributed by atoms with Gasteiger partial charge in [0.2, 0.25) is 11.8 Å². The van der Waals surface area contributed by atoms with E-state index in [-0.39, 0.29) is 23.9 Å². The van der Waals surface area contributed by atoms with E-state index in [9.17, 15) is 9.59 Å². The molecule has 2 heterocycles. The van der Waals surface area contributed by atoms with Crippen LogP contribution in [0, 0.1) is 0 Å². The SMILES string of the molecule is CC(NC(=O)CC1COCCN1)C(=O)N1CCCCC1C. The number of ether oxygens (including phenoxy) is 1. The third-order valence-corrected chi connectivity index (χ3v) is 4.26. The first-order valence-corrected chi connectivity index (χ1v) is 7.99. The van der Waals surface area contributed by atoms with E-state index in [0.717, 1.165) is 25.9 Å². The zero-order chi connectivity index (χ0) is 15.2. The number of hydrogen-bond acceptors (Lipinski definition) is 4. The molecular formula is C15H27N3O3. The summed E-state index contributed by atoms with van der Waals surface area (Å²) in [6.45, 7) is 6.68. The zero-order valence-electron chi connectivity index (χ0n) is 13.1. The maximum Gasteiger partial charge on any atom is 0.245 e. The number of morpholine rings is 1. The molecule has 2 N–H and O–H groups in total. The summed E-state index contributed by atoms with van der Waals surface area (Å²) in [4.78, 5) is 26.3. The highest BCUT2D eigenvalue weighted by Gasteiger charge is 2.28. The number of carbonyl (C=O) groups excluding carboxylic acids is 2. The van der Waals surface area contributed by atoms with E-state index in [1.807, 2.05) is 4.90 Å².